The second-order valence-corrected chi connectivity index (χ2v) is 6.67. The SMILES string of the molecule is C=CCn1c(COc2ccccc2F)nnc1SCc1ccccc1C. The van der Waals surface area contributed by atoms with Crippen molar-refractivity contribution in [3.63, 3.8) is 0 Å². The van der Waals surface area contributed by atoms with E-state index in [1.54, 1.807) is 36.0 Å². The summed E-state index contributed by atoms with van der Waals surface area (Å²) in [5, 5.41) is 9.27. The van der Waals surface area contributed by atoms with E-state index in [-0.39, 0.29) is 12.4 Å². The van der Waals surface area contributed by atoms with Crippen molar-refractivity contribution in [2.75, 3.05) is 0 Å². The highest BCUT2D eigenvalue weighted by Crippen LogP contribution is 2.24. The molecular weight excluding hydrogens is 349 g/mol. The smallest absolute Gasteiger partial charge is 0.191 e. The van der Waals surface area contributed by atoms with Crippen LogP contribution in [0.1, 0.15) is 17.0 Å². The molecule has 0 bridgehead atoms. The van der Waals surface area contributed by atoms with Crippen LogP contribution in [0.25, 0.3) is 0 Å². The van der Waals surface area contributed by atoms with Crippen molar-refractivity contribution in [3.05, 3.63) is 84.0 Å². The van der Waals surface area contributed by atoms with Crippen LogP contribution in [0.15, 0.2) is 66.3 Å². The Labute approximate surface area is 156 Å². The summed E-state index contributed by atoms with van der Waals surface area (Å²) in [6.45, 7) is 6.61. The average Bonchev–Trinajstić information content (AvgIpc) is 3.03. The van der Waals surface area contributed by atoms with E-state index in [0.29, 0.717) is 12.4 Å². The van der Waals surface area contributed by atoms with E-state index in [9.17, 15) is 4.39 Å². The zero-order valence-corrected chi connectivity index (χ0v) is 15.4. The summed E-state index contributed by atoms with van der Waals surface area (Å²) >= 11 is 1.61. The molecule has 3 aromatic rings. The van der Waals surface area contributed by atoms with Gasteiger partial charge in [0, 0.05) is 12.3 Å². The van der Waals surface area contributed by atoms with Crippen LogP contribution in [0.4, 0.5) is 4.39 Å². The van der Waals surface area contributed by atoms with E-state index < -0.39 is 5.82 Å². The van der Waals surface area contributed by atoms with Gasteiger partial charge in [0.05, 0.1) is 0 Å². The third-order valence-electron chi connectivity index (χ3n) is 3.92. The summed E-state index contributed by atoms with van der Waals surface area (Å²) in [6.07, 6.45) is 1.79. The van der Waals surface area contributed by atoms with Gasteiger partial charge in [-0.3, -0.25) is 4.57 Å². The normalized spacial score (nSPS) is 10.7. The minimum Gasteiger partial charge on any atom is -0.483 e. The van der Waals surface area contributed by atoms with Crippen molar-refractivity contribution in [1.82, 2.24) is 14.8 Å². The monoisotopic (exact) mass is 369 g/mol. The van der Waals surface area contributed by atoms with Gasteiger partial charge in [0.1, 0.15) is 6.61 Å². The third-order valence-corrected chi connectivity index (χ3v) is 4.93. The molecule has 0 fully saturated rings. The number of allylic oxidation sites excluding steroid dienone is 1. The van der Waals surface area contributed by atoms with Gasteiger partial charge in [0.2, 0.25) is 0 Å². The first-order chi connectivity index (χ1) is 12.7. The van der Waals surface area contributed by atoms with Gasteiger partial charge in [-0.1, -0.05) is 54.2 Å². The lowest BCUT2D eigenvalue weighted by molar-refractivity contribution is 0.275. The van der Waals surface area contributed by atoms with Gasteiger partial charge in [-0.25, -0.2) is 4.39 Å². The van der Waals surface area contributed by atoms with Crippen molar-refractivity contribution in [1.29, 1.82) is 0 Å². The number of para-hydroxylation sites is 1. The molecule has 1 aromatic heterocycles. The van der Waals surface area contributed by atoms with Crippen molar-refractivity contribution < 1.29 is 9.13 Å². The van der Waals surface area contributed by atoms with E-state index in [4.69, 9.17) is 4.74 Å². The molecule has 4 nitrogen and oxygen atoms in total. The molecule has 0 atom stereocenters. The van der Waals surface area contributed by atoms with Gasteiger partial charge in [-0.15, -0.1) is 16.8 Å². The maximum Gasteiger partial charge on any atom is 0.191 e. The Kier molecular flexibility index (Phi) is 6.07. The summed E-state index contributed by atoms with van der Waals surface area (Å²) in [5.74, 6) is 1.25. The Bertz CT molecular complexity index is 827. The summed E-state index contributed by atoms with van der Waals surface area (Å²) in [5.41, 5.74) is 2.51. The molecule has 134 valence electrons. The van der Waals surface area contributed by atoms with Crippen molar-refractivity contribution in [2.24, 2.45) is 0 Å². The van der Waals surface area contributed by atoms with Crippen LogP contribution in [0.3, 0.4) is 0 Å². The fourth-order valence-electron chi connectivity index (χ4n) is 2.46. The minimum atomic E-state index is -0.392. The van der Waals surface area contributed by atoms with E-state index in [1.807, 2.05) is 16.7 Å². The molecule has 0 aliphatic rings. The van der Waals surface area contributed by atoms with Crippen LogP contribution in [0.5, 0.6) is 5.75 Å². The summed E-state index contributed by atoms with van der Waals surface area (Å²) in [4.78, 5) is 0. The van der Waals surface area contributed by atoms with Crippen LogP contribution in [-0.2, 0) is 18.9 Å². The van der Waals surface area contributed by atoms with Crippen molar-refractivity contribution in [3.8, 4) is 5.75 Å². The number of hydrogen-bond donors (Lipinski definition) is 0. The third kappa shape index (κ3) is 4.32. The van der Waals surface area contributed by atoms with E-state index in [0.717, 1.165) is 10.9 Å². The molecule has 2 aromatic carbocycles. The Morgan fingerprint density at radius 3 is 2.69 bits per heavy atom. The van der Waals surface area contributed by atoms with Gasteiger partial charge < -0.3 is 4.74 Å². The lowest BCUT2D eigenvalue weighted by atomic mass is 10.1. The standard InChI is InChI=1S/C20H20FN3OS/c1-3-12-24-19(13-25-18-11-7-6-10-17(18)21)22-23-20(24)26-14-16-9-5-4-8-15(16)2/h3-11H,1,12-14H2,2H3. The number of ether oxygens (including phenoxy) is 1. The molecule has 0 saturated heterocycles. The molecule has 0 unspecified atom stereocenters. The van der Waals surface area contributed by atoms with Gasteiger partial charge >= 0.3 is 0 Å². The highest BCUT2D eigenvalue weighted by molar-refractivity contribution is 7.98. The Hall–Kier alpha value is -2.60. The predicted molar refractivity (Wildman–Crippen MR) is 102 cm³/mol. The van der Waals surface area contributed by atoms with Crippen LogP contribution >= 0.6 is 11.8 Å². The quantitative estimate of drug-likeness (QED) is 0.423. The molecule has 0 amide bonds. The first kappa shape index (κ1) is 18.2. The Morgan fingerprint density at radius 1 is 1.15 bits per heavy atom. The molecule has 0 N–H and O–H groups in total. The first-order valence-corrected chi connectivity index (χ1v) is 9.25. The van der Waals surface area contributed by atoms with E-state index >= 15 is 0 Å². The molecule has 6 heteroatoms. The second-order valence-electron chi connectivity index (χ2n) is 5.73. The molecule has 0 aliphatic heterocycles. The zero-order chi connectivity index (χ0) is 18.4. The summed E-state index contributed by atoms with van der Waals surface area (Å²) < 4.78 is 21.2. The topological polar surface area (TPSA) is 39.9 Å². The number of nitrogens with zero attached hydrogens (tertiary/aromatic N) is 3. The average molecular weight is 369 g/mol. The van der Waals surface area contributed by atoms with Crippen molar-refractivity contribution in [2.45, 2.75) is 31.0 Å². The Balaban J connectivity index is 1.72. The highest BCUT2D eigenvalue weighted by Gasteiger charge is 2.13. The number of halogens is 1. The van der Waals surface area contributed by atoms with Crippen LogP contribution in [0, 0.1) is 12.7 Å². The number of hydrogen-bond acceptors (Lipinski definition) is 4. The molecule has 26 heavy (non-hydrogen) atoms. The second kappa shape index (κ2) is 8.67. The predicted octanol–water partition coefficient (Wildman–Crippen LogP) is 4.78. The first-order valence-electron chi connectivity index (χ1n) is 8.26. The maximum atomic E-state index is 13.7. The fourth-order valence-corrected chi connectivity index (χ4v) is 3.51. The lowest BCUT2D eigenvalue weighted by Gasteiger charge is -2.10. The van der Waals surface area contributed by atoms with E-state index in [1.165, 1.54) is 17.2 Å². The highest BCUT2D eigenvalue weighted by atomic mass is 32.2. The fraction of sp³-hybridized carbons (Fsp3) is 0.200. The molecule has 0 saturated carbocycles. The number of benzene rings is 2. The molecule has 0 radical (unpaired) electrons. The Morgan fingerprint density at radius 2 is 1.92 bits per heavy atom. The number of rotatable bonds is 8. The van der Waals surface area contributed by atoms with E-state index in [2.05, 4.69) is 35.8 Å². The zero-order valence-electron chi connectivity index (χ0n) is 14.6. The van der Waals surface area contributed by atoms with Crippen molar-refractivity contribution >= 4 is 11.8 Å². The number of aromatic nitrogens is 3. The van der Waals surface area contributed by atoms with Gasteiger partial charge in [0.15, 0.2) is 22.5 Å². The molecule has 0 aliphatic carbocycles. The lowest BCUT2D eigenvalue weighted by Crippen LogP contribution is -2.08. The van der Waals surface area contributed by atoms with Crippen LogP contribution < -0.4 is 4.74 Å². The van der Waals surface area contributed by atoms with Crippen LogP contribution in [-0.4, -0.2) is 14.8 Å². The largest absolute Gasteiger partial charge is 0.483 e. The number of thioether (sulfide) groups is 1. The molecular formula is C20H20FN3OS. The number of aryl methyl sites for hydroxylation is 1. The molecule has 3 rings (SSSR count). The molecule has 0 spiro atoms. The van der Waals surface area contributed by atoms with Gasteiger partial charge in [-0.2, -0.15) is 0 Å². The molecule has 1 heterocycles. The van der Waals surface area contributed by atoms with Crippen LogP contribution in [0.2, 0.25) is 0 Å². The minimum absolute atomic E-state index is 0.146. The summed E-state index contributed by atoms with van der Waals surface area (Å²) in [6, 6.07) is 14.6. The maximum absolute atomic E-state index is 13.7. The van der Waals surface area contributed by atoms with Gasteiger partial charge in [0.25, 0.3) is 0 Å². The summed E-state index contributed by atoms with van der Waals surface area (Å²) in [7, 11) is 0. The van der Waals surface area contributed by atoms with Gasteiger partial charge in [-0.05, 0) is 30.2 Å².